The van der Waals surface area contributed by atoms with Crippen molar-refractivity contribution in [2.24, 2.45) is 0 Å². The summed E-state index contributed by atoms with van der Waals surface area (Å²) in [4.78, 5) is 14.7. The van der Waals surface area contributed by atoms with E-state index in [1.54, 1.807) is 11.0 Å². The average Bonchev–Trinajstić information content (AvgIpc) is 2.62. The van der Waals surface area contributed by atoms with Crippen LogP contribution in [-0.2, 0) is 4.79 Å². The van der Waals surface area contributed by atoms with Gasteiger partial charge in [-0.05, 0) is 38.5 Å². The van der Waals surface area contributed by atoms with E-state index in [1.165, 1.54) is 0 Å². The molecule has 0 fully saturated rings. The molecule has 3 rings (SSSR count). The van der Waals surface area contributed by atoms with E-state index in [0.29, 0.717) is 30.3 Å². The van der Waals surface area contributed by atoms with Gasteiger partial charge >= 0.3 is 0 Å². The minimum absolute atomic E-state index is 0.159. The molecule has 0 spiro atoms. The maximum atomic E-state index is 12.9. The molecule has 4 heteroatoms. The van der Waals surface area contributed by atoms with Gasteiger partial charge < -0.3 is 14.4 Å². The Hall–Kier alpha value is -2.75. The van der Waals surface area contributed by atoms with E-state index in [1.807, 2.05) is 63.2 Å². The molecule has 0 saturated carbocycles. The summed E-state index contributed by atoms with van der Waals surface area (Å²) in [6.07, 6.45) is 0. The minimum Gasteiger partial charge on any atom is -0.449 e. The van der Waals surface area contributed by atoms with Crippen LogP contribution < -0.4 is 9.47 Å². The zero-order valence-electron chi connectivity index (χ0n) is 14.2. The molecule has 24 heavy (non-hydrogen) atoms. The molecule has 124 valence electrons. The van der Waals surface area contributed by atoms with Gasteiger partial charge in [0.1, 0.15) is 0 Å². The molecule has 0 radical (unpaired) electrons. The third-order valence-electron chi connectivity index (χ3n) is 4.11. The maximum absolute atomic E-state index is 12.9. The fourth-order valence-corrected chi connectivity index (χ4v) is 2.73. The van der Waals surface area contributed by atoms with Crippen LogP contribution in [0, 0.1) is 6.92 Å². The van der Waals surface area contributed by atoms with Crippen LogP contribution in [0.1, 0.15) is 25.0 Å². The highest BCUT2D eigenvalue weighted by atomic mass is 16.6. The van der Waals surface area contributed by atoms with E-state index < -0.39 is 0 Å². The van der Waals surface area contributed by atoms with Crippen LogP contribution in [-0.4, -0.2) is 23.9 Å². The number of carbonyl (C=O) groups is 1. The van der Waals surface area contributed by atoms with E-state index in [9.17, 15) is 4.79 Å². The number of para-hydroxylation sites is 2. The summed E-state index contributed by atoms with van der Waals surface area (Å²) >= 11 is 0. The van der Waals surface area contributed by atoms with Crippen molar-refractivity contribution in [1.82, 2.24) is 4.90 Å². The van der Waals surface area contributed by atoms with Crippen LogP contribution in [0.4, 0.5) is 0 Å². The second-order valence-electron chi connectivity index (χ2n) is 5.60. The van der Waals surface area contributed by atoms with E-state index in [4.69, 9.17) is 9.47 Å². The summed E-state index contributed by atoms with van der Waals surface area (Å²) in [6, 6.07) is 15.2. The van der Waals surface area contributed by atoms with Gasteiger partial charge in [-0.15, -0.1) is 0 Å². The normalized spacial score (nSPS) is 13.0. The first-order valence-electron chi connectivity index (χ1n) is 8.20. The Morgan fingerprint density at radius 1 is 0.917 bits per heavy atom. The van der Waals surface area contributed by atoms with E-state index in [-0.39, 0.29) is 11.7 Å². The number of hydrogen-bond acceptors (Lipinski definition) is 3. The molecule has 1 amide bonds. The molecule has 1 aliphatic heterocycles. The highest BCUT2D eigenvalue weighted by molar-refractivity contribution is 5.99. The lowest BCUT2D eigenvalue weighted by atomic mass is 10.1. The van der Waals surface area contributed by atoms with Crippen LogP contribution >= 0.6 is 0 Å². The lowest BCUT2D eigenvalue weighted by molar-refractivity contribution is -0.129. The van der Waals surface area contributed by atoms with E-state index in [2.05, 4.69) is 0 Å². The van der Waals surface area contributed by atoms with Crippen LogP contribution in [0.3, 0.4) is 0 Å². The molecular weight excluding hydrogens is 302 g/mol. The van der Waals surface area contributed by atoms with Crippen molar-refractivity contribution in [2.45, 2.75) is 20.8 Å². The molecule has 1 heterocycles. The Labute approximate surface area is 142 Å². The summed E-state index contributed by atoms with van der Waals surface area (Å²) in [5.41, 5.74) is 1.89. The number of amides is 1. The Kier molecular flexibility index (Phi) is 4.56. The van der Waals surface area contributed by atoms with Crippen molar-refractivity contribution in [3.05, 3.63) is 65.4 Å². The number of benzene rings is 2. The van der Waals surface area contributed by atoms with Gasteiger partial charge in [0, 0.05) is 18.7 Å². The monoisotopic (exact) mass is 323 g/mol. The van der Waals surface area contributed by atoms with Gasteiger partial charge in [0.25, 0.3) is 5.91 Å². The number of ether oxygens (including phenoxy) is 2. The predicted octanol–water partition coefficient (Wildman–Crippen LogP) is 4.00. The molecule has 0 bridgehead atoms. The van der Waals surface area contributed by atoms with Gasteiger partial charge in [0.05, 0.1) is 0 Å². The fraction of sp³-hybridized carbons (Fsp3) is 0.250. The number of carbonyl (C=O) groups excluding carboxylic acids is 1. The summed E-state index contributed by atoms with van der Waals surface area (Å²) < 4.78 is 12.0. The first-order valence-corrected chi connectivity index (χ1v) is 8.20. The smallest absolute Gasteiger partial charge is 0.293 e. The van der Waals surface area contributed by atoms with Gasteiger partial charge in [0.2, 0.25) is 5.76 Å². The third-order valence-corrected chi connectivity index (χ3v) is 4.11. The quantitative estimate of drug-likeness (QED) is 0.853. The number of aryl methyl sites for hydroxylation is 1. The van der Waals surface area contributed by atoms with Crippen molar-refractivity contribution < 1.29 is 14.3 Å². The average molecular weight is 323 g/mol. The third kappa shape index (κ3) is 2.87. The molecule has 0 aliphatic carbocycles. The molecule has 0 aromatic heterocycles. The molecular formula is C20H21NO3. The van der Waals surface area contributed by atoms with Crippen molar-refractivity contribution >= 4 is 11.7 Å². The largest absolute Gasteiger partial charge is 0.449 e. The minimum atomic E-state index is -0.159. The zero-order valence-corrected chi connectivity index (χ0v) is 14.2. The summed E-state index contributed by atoms with van der Waals surface area (Å²) in [6.45, 7) is 7.13. The number of rotatable bonds is 4. The second-order valence-corrected chi connectivity index (χ2v) is 5.60. The van der Waals surface area contributed by atoms with Crippen LogP contribution in [0.25, 0.3) is 5.76 Å². The van der Waals surface area contributed by atoms with Crippen molar-refractivity contribution in [1.29, 1.82) is 0 Å². The van der Waals surface area contributed by atoms with Crippen LogP contribution in [0.15, 0.2) is 54.3 Å². The number of fused-ring (bicyclic) bond motifs is 1. The van der Waals surface area contributed by atoms with Crippen LogP contribution in [0.2, 0.25) is 0 Å². The van der Waals surface area contributed by atoms with Crippen molar-refractivity contribution in [3.8, 4) is 11.5 Å². The molecule has 2 aromatic carbocycles. The molecule has 2 aromatic rings. The number of nitrogens with zero attached hydrogens (tertiary/aromatic N) is 1. The van der Waals surface area contributed by atoms with Gasteiger partial charge in [-0.2, -0.15) is 0 Å². The molecule has 0 N–H and O–H groups in total. The highest BCUT2D eigenvalue weighted by Crippen LogP contribution is 2.39. The van der Waals surface area contributed by atoms with Gasteiger partial charge in [-0.1, -0.05) is 36.4 Å². The van der Waals surface area contributed by atoms with Gasteiger partial charge in [-0.25, -0.2) is 0 Å². The van der Waals surface area contributed by atoms with Gasteiger partial charge in [0.15, 0.2) is 17.3 Å². The Bertz CT molecular complexity index is 791. The summed E-state index contributed by atoms with van der Waals surface area (Å²) in [7, 11) is 0. The maximum Gasteiger partial charge on any atom is 0.293 e. The Morgan fingerprint density at radius 2 is 1.50 bits per heavy atom. The molecule has 1 aliphatic rings. The Balaban J connectivity index is 2.13. The SMILES string of the molecule is CCN(CC)C(=O)C1=C(c2ccccc2C)Oc2ccccc2O1. The van der Waals surface area contributed by atoms with E-state index in [0.717, 1.165) is 11.1 Å². The van der Waals surface area contributed by atoms with E-state index >= 15 is 0 Å². The molecule has 0 unspecified atom stereocenters. The Morgan fingerprint density at radius 3 is 2.12 bits per heavy atom. The number of hydrogen-bond donors (Lipinski definition) is 0. The predicted molar refractivity (Wildman–Crippen MR) is 93.7 cm³/mol. The van der Waals surface area contributed by atoms with Gasteiger partial charge in [-0.3, -0.25) is 4.79 Å². The summed E-state index contributed by atoms with van der Waals surface area (Å²) in [5.74, 6) is 1.74. The number of likely N-dealkylation sites (N-methyl/N-ethyl adjacent to an activating group) is 1. The molecule has 4 nitrogen and oxygen atoms in total. The lowest BCUT2D eigenvalue weighted by Gasteiger charge is -2.27. The topological polar surface area (TPSA) is 38.8 Å². The zero-order chi connectivity index (χ0) is 17.1. The lowest BCUT2D eigenvalue weighted by Crippen LogP contribution is -2.35. The van der Waals surface area contributed by atoms with Crippen LogP contribution in [0.5, 0.6) is 11.5 Å². The highest BCUT2D eigenvalue weighted by Gasteiger charge is 2.30. The standard InChI is InChI=1S/C20H21NO3/c1-4-21(5-2)20(22)19-18(15-11-7-6-10-14(15)3)23-16-12-8-9-13-17(16)24-19/h6-13H,4-5H2,1-3H3. The molecule has 0 atom stereocenters. The summed E-state index contributed by atoms with van der Waals surface area (Å²) in [5, 5.41) is 0. The van der Waals surface area contributed by atoms with Crippen molar-refractivity contribution in [2.75, 3.05) is 13.1 Å². The first kappa shape index (κ1) is 16.1. The molecule has 0 saturated heterocycles. The van der Waals surface area contributed by atoms with Crippen molar-refractivity contribution in [3.63, 3.8) is 0 Å². The first-order chi connectivity index (χ1) is 11.7. The fourth-order valence-electron chi connectivity index (χ4n) is 2.73. The second kappa shape index (κ2) is 6.79.